The van der Waals surface area contributed by atoms with Gasteiger partial charge in [-0.3, -0.25) is 4.79 Å². The number of carbonyl (C=O) groups is 1. The molecule has 0 aliphatic carbocycles. The molecule has 8 heteroatoms. The molecule has 0 bridgehead atoms. The van der Waals surface area contributed by atoms with Gasteiger partial charge < -0.3 is 16.4 Å². The fourth-order valence-electron chi connectivity index (χ4n) is 3.05. The zero-order valence-electron chi connectivity index (χ0n) is 14.0. The summed E-state index contributed by atoms with van der Waals surface area (Å²) in [7, 11) is 0. The molecular formula is C17H19Cl2N5O. The van der Waals surface area contributed by atoms with Crippen LogP contribution in [0.5, 0.6) is 0 Å². The lowest BCUT2D eigenvalue weighted by Crippen LogP contribution is -2.29. The molecule has 1 amide bonds. The minimum absolute atomic E-state index is 0.0444. The van der Waals surface area contributed by atoms with Crippen LogP contribution in [0, 0.1) is 12.8 Å². The van der Waals surface area contributed by atoms with Crippen LogP contribution in [0.2, 0.25) is 10.0 Å². The summed E-state index contributed by atoms with van der Waals surface area (Å²) in [5.74, 6) is 0.130. The minimum atomic E-state index is -0.644. The number of halogens is 2. The van der Waals surface area contributed by atoms with Crippen molar-refractivity contribution in [3.63, 3.8) is 0 Å². The van der Waals surface area contributed by atoms with Crippen molar-refractivity contribution < 1.29 is 4.79 Å². The zero-order chi connectivity index (χ0) is 18.3. The Morgan fingerprint density at radius 1 is 1.28 bits per heavy atom. The molecule has 25 heavy (non-hydrogen) atoms. The second-order valence-electron chi connectivity index (χ2n) is 6.34. The molecule has 6 nitrogen and oxygen atoms in total. The van der Waals surface area contributed by atoms with Crippen LogP contribution >= 0.6 is 23.2 Å². The van der Waals surface area contributed by atoms with Gasteiger partial charge in [0.1, 0.15) is 5.69 Å². The summed E-state index contributed by atoms with van der Waals surface area (Å²) in [5.41, 5.74) is 13.5. The van der Waals surface area contributed by atoms with E-state index >= 15 is 0 Å². The first-order chi connectivity index (χ1) is 11.8. The molecule has 0 unspecified atom stereocenters. The van der Waals surface area contributed by atoms with Crippen LogP contribution in [0.4, 0.5) is 5.95 Å². The lowest BCUT2D eigenvalue weighted by Gasteiger charge is -2.19. The zero-order valence-corrected chi connectivity index (χ0v) is 15.5. The normalized spacial score (nSPS) is 20.1. The monoisotopic (exact) mass is 379 g/mol. The first kappa shape index (κ1) is 17.9. The van der Waals surface area contributed by atoms with Crippen molar-refractivity contribution in [1.29, 1.82) is 0 Å². The highest BCUT2D eigenvalue weighted by atomic mass is 35.5. The van der Waals surface area contributed by atoms with Crippen molar-refractivity contribution in [1.82, 2.24) is 9.97 Å². The highest BCUT2D eigenvalue weighted by Gasteiger charge is 2.30. The SMILES string of the molecule is Cc1nc(N2C[C@@H](N)[C@@H](C)C2)nc(C(N)=O)c1-c1cccc(Cl)c1Cl. The number of primary amides is 1. The van der Waals surface area contributed by atoms with E-state index in [1.54, 1.807) is 25.1 Å². The third-order valence-corrected chi connectivity index (χ3v) is 5.30. The number of aryl methyl sites for hydroxylation is 1. The smallest absolute Gasteiger partial charge is 0.268 e. The number of benzene rings is 1. The molecule has 0 saturated carbocycles. The summed E-state index contributed by atoms with van der Waals surface area (Å²) in [6, 6.07) is 5.24. The molecule has 1 saturated heterocycles. The molecular weight excluding hydrogens is 361 g/mol. The van der Waals surface area contributed by atoms with E-state index in [4.69, 9.17) is 34.7 Å². The van der Waals surface area contributed by atoms with E-state index in [1.165, 1.54) is 0 Å². The Morgan fingerprint density at radius 2 is 2.00 bits per heavy atom. The number of hydrogen-bond donors (Lipinski definition) is 2. The van der Waals surface area contributed by atoms with E-state index in [0.717, 1.165) is 6.54 Å². The number of amides is 1. The number of hydrogen-bond acceptors (Lipinski definition) is 5. The van der Waals surface area contributed by atoms with Gasteiger partial charge in [0.05, 0.1) is 15.7 Å². The van der Waals surface area contributed by atoms with Crippen LogP contribution in [0.15, 0.2) is 18.2 Å². The maximum Gasteiger partial charge on any atom is 0.268 e. The Balaban J connectivity index is 2.15. The van der Waals surface area contributed by atoms with Crippen LogP contribution in [0.25, 0.3) is 11.1 Å². The van der Waals surface area contributed by atoms with Gasteiger partial charge in [0.15, 0.2) is 0 Å². The fraction of sp³-hybridized carbons (Fsp3) is 0.353. The third kappa shape index (κ3) is 3.29. The number of nitrogens with two attached hydrogens (primary N) is 2. The van der Waals surface area contributed by atoms with E-state index in [9.17, 15) is 4.79 Å². The average molecular weight is 380 g/mol. The van der Waals surface area contributed by atoms with E-state index in [-0.39, 0.29) is 11.7 Å². The molecule has 1 aromatic carbocycles. The third-order valence-electron chi connectivity index (χ3n) is 4.49. The van der Waals surface area contributed by atoms with Crippen molar-refractivity contribution in [3.05, 3.63) is 39.6 Å². The van der Waals surface area contributed by atoms with Gasteiger partial charge in [-0.25, -0.2) is 9.97 Å². The van der Waals surface area contributed by atoms with Crippen molar-refractivity contribution in [3.8, 4) is 11.1 Å². The summed E-state index contributed by atoms with van der Waals surface area (Å²) in [6.07, 6.45) is 0. The summed E-state index contributed by atoms with van der Waals surface area (Å²) < 4.78 is 0. The van der Waals surface area contributed by atoms with Gasteiger partial charge in [-0.2, -0.15) is 0 Å². The molecule has 2 aromatic rings. The molecule has 0 radical (unpaired) electrons. The molecule has 1 aliphatic rings. The maximum absolute atomic E-state index is 12.1. The van der Waals surface area contributed by atoms with Gasteiger partial charge in [0, 0.05) is 30.3 Å². The predicted molar refractivity (Wildman–Crippen MR) is 100 cm³/mol. The molecule has 0 spiro atoms. The van der Waals surface area contributed by atoms with Gasteiger partial charge in [0.25, 0.3) is 5.91 Å². The molecule has 132 valence electrons. The first-order valence-electron chi connectivity index (χ1n) is 7.93. The Labute approximate surface area is 156 Å². The first-order valence-corrected chi connectivity index (χ1v) is 8.68. The molecule has 1 fully saturated rings. The summed E-state index contributed by atoms with van der Waals surface area (Å²) in [5, 5.41) is 0.723. The number of aromatic nitrogens is 2. The van der Waals surface area contributed by atoms with Crippen LogP contribution in [0.3, 0.4) is 0 Å². The van der Waals surface area contributed by atoms with E-state index in [0.29, 0.717) is 45.3 Å². The Kier molecular flexibility index (Phi) is 4.86. The highest BCUT2D eigenvalue weighted by molar-refractivity contribution is 6.43. The van der Waals surface area contributed by atoms with Crippen molar-refractivity contribution >= 4 is 35.1 Å². The van der Waals surface area contributed by atoms with Gasteiger partial charge in [0.2, 0.25) is 5.95 Å². The van der Waals surface area contributed by atoms with Gasteiger partial charge in [-0.15, -0.1) is 0 Å². The number of anilines is 1. The van der Waals surface area contributed by atoms with Crippen LogP contribution in [-0.4, -0.2) is 35.0 Å². The Morgan fingerprint density at radius 3 is 2.60 bits per heavy atom. The molecule has 4 N–H and O–H groups in total. The molecule has 2 atom stereocenters. The molecule has 1 aromatic heterocycles. The molecule has 2 heterocycles. The van der Waals surface area contributed by atoms with Crippen molar-refractivity contribution in [2.45, 2.75) is 19.9 Å². The largest absolute Gasteiger partial charge is 0.364 e. The molecule has 3 rings (SSSR count). The van der Waals surface area contributed by atoms with Crippen molar-refractivity contribution in [2.75, 3.05) is 18.0 Å². The summed E-state index contributed by atoms with van der Waals surface area (Å²) >= 11 is 12.4. The standard InChI is InChI=1S/C17H19Cl2N5O/c1-8-6-24(7-12(8)20)17-22-9(2)13(15(23-17)16(21)25)10-4-3-5-11(18)14(10)19/h3-5,8,12H,6-7,20H2,1-2H3,(H2,21,25)/t8-,12+/m0/s1. The minimum Gasteiger partial charge on any atom is -0.364 e. The van der Waals surface area contributed by atoms with E-state index in [1.807, 2.05) is 4.90 Å². The lowest BCUT2D eigenvalue weighted by atomic mass is 10.0. The van der Waals surface area contributed by atoms with E-state index < -0.39 is 5.91 Å². The van der Waals surface area contributed by atoms with Crippen LogP contribution in [-0.2, 0) is 0 Å². The topological polar surface area (TPSA) is 98.1 Å². The second-order valence-corrected chi connectivity index (χ2v) is 7.13. The Hall–Kier alpha value is -1.89. The second kappa shape index (κ2) is 6.78. The summed E-state index contributed by atoms with van der Waals surface area (Å²) in [4.78, 5) is 23.0. The number of nitrogens with zero attached hydrogens (tertiary/aromatic N) is 3. The average Bonchev–Trinajstić information content (AvgIpc) is 2.89. The van der Waals surface area contributed by atoms with Gasteiger partial charge in [-0.05, 0) is 18.9 Å². The summed E-state index contributed by atoms with van der Waals surface area (Å²) in [6.45, 7) is 5.24. The predicted octanol–water partition coefficient (Wildman–Crippen LogP) is 2.64. The van der Waals surface area contributed by atoms with Gasteiger partial charge >= 0.3 is 0 Å². The molecule has 1 aliphatic heterocycles. The fourth-order valence-corrected chi connectivity index (χ4v) is 3.45. The quantitative estimate of drug-likeness (QED) is 0.853. The number of rotatable bonds is 3. The lowest BCUT2D eigenvalue weighted by molar-refractivity contribution is 0.0996. The Bertz CT molecular complexity index is 832. The van der Waals surface area contributed by atoms with Crippen molar-refractivity contribution in [2.24, 2.45) is 17.4 Å². The van der Waals surface area contributed by atoms with Crippen LogP contribution < -0.4 is 16.4 Å². The van der Waals surface area contributed by atoms with Gasteiger partial charge in [-0.1, -0.05) is 42.3 Å². The van der Waals surface area contributed by atoms with E-state index in [2.05, 4.69) is 16.9 Å². The van der Waals surface area contributed by atoms with Crippen LogP contribution in [0.1, 0.15) is 23.1 Å². The highest BCUT2D eigenvalue weighted by Crippen LogP contribution is 2.37. The maximum atomic E-state index is 12.1. The number of carbonyl (C=O) groups excluding carboxylic acids is 1.